The minimum absolute atomic E-state index is 0.134. The number of amides is 2. The smallest absolute Gasteiger partial charge is 0.276 e. The van der Waals surface area contributed by atoms with Crippen molar-refractivity contribution in [2.75, 3.05) is 18.4 Å². The molecule has 0 unspecified atom stereocenters. The molecule has 5 rings (SSSR count). The van der Waals surface area contributed by atoms with Gasteiger partial charge < -0.3 is 10.2 Å². The minimum atomic E-state index is -0.238. The molecular weight excluding hydrogens is 466 g/mol. The van der Waals surface area contributed by atoms with Gasteiger partial charge in [0.15, 0.2) is 11.3 Å². The molecule has 5 heterocycles. The Labute approximate surface area is 206 Å². The molecule has 1 fully saturated rings. The van der Waals surface area contributed by atoms with Crippen molar-refractivity contribution >= 4 is 34.5 Å². The Balaban J connectivity index is 1.24. The Morgan fingerprint density at radius 2 is 1.80 bits per heavy atom. The minimum Gasteiger partial charge on any atom is -0.337 e. The third-order valence-electron chi connectivity index (χ3n) is 6.56. The number of aryl methyl sites for hydroxylation is 4. The Hall–Kier alpha value is -3.67. The number of anilines is 1. The van der Waals surface area contributed by atoms with E-state index in [1.165, 1.54) is 11.3 Å². The number of nitrogens with zero attached hydrogens (tertiary/aromatic N) is 8. The first kappa shape index (κ1) is 23.1. The number of carbonyl (C=O) groups is 2. The van der Waals surface area contributed by atoms with Crippen molar-refractivity contribution in [2.45, 2.75) is 46.5 Å². The first-order valence-electron chi connectivity index (χ1n) is 11.5. The highest BCUT2D eigenvalue weighted by atomic mass is 32.1. The molecule has 0 bridgehead atoms. The molecule has 35 heavy (non-hydrogen) atoms. The molecule has 12 heteroatoms. The number of thiazole rings is 1. The number of aromatic nitrogens is 7. The average Bonchev–Trinajstić information content (AvgIpc) is 3.54. The normalized spacial score (nSPS) is 14.6. The summed E-state index contributed by atoms with van der Waals surface area (Å²) in [6.07, 6.45) is 1.55. The van der Waals surface area contributed by atoms with Crippen LogP contribution in [0.5, 0.6) is 0 Å². The second kappa shape index (κ2) is 8.84. The molecule has 0 radical (unpaired) electrons. The van der Waals surface area contributed by atoms with Crippen molar-refractivity contribution in [3.05, 3.63) is 50.6 Å². The molecule has 1 saturated heterocycles. The van der Waals surface area contributed by atoms with E-state index in [2.05, 4.69) is 30.7 Å². The topological polar surface area (TPSA) is 123 Å². The van der Waals surface area contributed by atoms with E-state index in [-0.39, 0.29) is 17.7 Å². The van der Waals surface area contributed by atoms with Crippen LogP contribution in [0.15, 0.2) is 11.4 Å². The summed E-state index contributed by atoms with van der Waals surface area (Å²) in [7, 11) is 1.85. The molecule has 1 aliphatic heterocycles. The molecule has 182 valence electrons. The lowest BCUT2D eigenvalue weighted by molar-refractivity contribution is 0.0704. The summed E-state index contributed by atoms with van der Waals surface area (Å²) in [6, 6.07) is 1.83. The monoisotopic (exact) mass is 493 g/mol. The van der Waals surface area contributed by atoms with Crippen molar-refractivity contribution in [3.8, 4) is 0 Å². The second-order valence-electron chi connectivity index (χ2n) is 8.95. The number of fused-ring (bicyclic) bond motifs is 1. The quantitative estimate of drug-likeness (QED) is 0.464. The van der Waals surface area contributed by atoms with Crippen LogP contribution >= 0.6 is 11.3 Å². The van der Waals surface area contributed by atoms with Crippen molar-refractivity contribution < 1.29 is 9.59 Å². The number of hydrogen-bond donors (Lipinski definition) is 1. The van der Waals surface area contributed by atoms with Crippen molar-refractivity contribution in [2.24, 2.45) is 7.05 Å². The first-order valence-corrected chi connectivity index (χ1v) is 12.4. The summed E-state index contributed by atoms with van der Waals surface area (Å²) < 4.78 is 3.41. The van der Waals surface area contributed by atoms with E-state index in [4.69, 9.17) is 0 Å². The SMILES string of the molecule is Cc1cc2nnc(C(=O)N3CCC(c4nc(C(=O)Nc5c(C)nn(C)c5C)cs4)CC3)c(C)n2n1. The molecular formula is C23H27N9O2S. The second-order valence-corrected chi connectivity index (χ2v) is 9.84. The van der Waals surface area contributed by atoms with Crippen LogP contribution in [0.1, 0.15) is 67.5 Å². The number of nitrogens with one attached hydrogen (secondary N) is 1. The average molecular weight is 494 g/mol. The van der Waals surface area contributed by atoms with Gasteiger partial charge in [0, 0.05) is 37.5 Å². The third-order valence-corrected chi connectivity index (χ3v) is 7.57. The van der Waals surface area contributed by atoms with Crippen LogP contribution in [0.2, 0.25) is 0 Å². The molecule has 1 aliphatic rings. The Bertz CT molecular complexity index is 1440. The van der Waals surface area contributed by atoms with Gasteiger partial charge in [-0.1, -0.05) is 0 Å². The summed E-state index contributed by atoms with van der Waals surface area (Å²) >= 11 is 1.49. The highest BCUT2D eigenvalue weighted by Gasteiger charge is 2.29. The standard InChI is InChI=1S/C23H27N9O2S/c1-12-10-18-26-27-20(15(4)32(18)28-12)23(34)31-8-6-16(7-9-31)22-24-17(11-35-22)21(33)25-19-13(2)29-30(5)14(19)3/h10-11,16H,6-9H2,1-5H3,(H,25,33). The van der Waals surface area contributed by atoms with E-state index in [1.54, 1.807) is 14.6 Å². The largest absolute Gasteiger partial charge is 0.337 e. The summed E-state index contributed by atoms with van der Waals surface area (Å²) in [4.78, 5) is 32.3. The van der Waals surface area contributed by atoms with Crippen LogP contribution in [0.3, 0.4) is 0 Å². The van der Waals surface area contributed by atoms with Gasteiger partial charge in [0.1, 0.15) is 5.69 Å². The lowest BCUT2D eigenvalue weighted by atomic mass is 9.97. The number of rotatable bonds is 4. The predicted molar refractivity (Wildman–Crippen MR) is 131 cm³/mol. The van der Waals surface area contributed by atoms with Gasteiger partial charge in [-0.05, 0) is 40.5 Å². The van der Waals surface area contributed by atoms with Crippen LogP contribution in [-0.2, 0) is 7.05 Å². The molecule has 4 aromatic heterocycles. The van der Waals surface area contributed by atoms with Crippen LogP contribution < -0.4 is 5.32 Å². The molecule has 0 atom stereocenters. The summed E-state index contributed by atoms with van der Waals surface area (Å²) in [5.74, 6) is -0.168. The Kier molecular flexibility index (Phi) is 5.83. The molecule has 0 spiro atoms. The van der Waals surface area contributed by atoms with Gasteiger partial charge in [0.05, 0.1) is 33.5 Å². The molecule has 0 saturated carbocycles. The van der Waals surface area contributed by atoms with Crippen molar-refractivity contribution in [1.29, 1.82) is 0 Å². The predicted octanol–water partition coefficient (Wildman–Crippen LogP) is 2.82. The van der Waals surface area contributed by atoms with Gasteiger partial charge >= 0.3 is 0 Å². The summed E-state index contributed by atoms with van der Waals surface area (Å²) in [5.41, 5.74) is 5.26. The maximum absolute atomic E-state index is 13.1. The first-order chi connectivity index (χ1) is 16.7. The number of carbonyl (C=O) groups excluding carboxylic acids is 2. The zero-order chi connectivity index (χ0) is 24.9. The molecule has 0 aromatic carbocycles. The van der Waals surface area contributed by atoms with Crippen molar-refractivity contribution in [1.82, 2.24) is 39.5 Å². The van der Waals surface area contributed by atoms with Gasteiger partial charge in [-0.3, -0.25) is 14.3 Å². The van der Waals surface area contributed by atoms with Crippen LogP contribution in [0, 0.1) is 27.7 Å². The Morgan fingerprint density at radius 3 is 2.49 bits per heavy atom. The van der Waals surface area contributed by atoms with Crippen LogP contribution in [0.4, 0.5) is 5.69 Å². The molecule has 1 N–H and O–H groups in total. The van der Waals surface area contributed by atoms with Gasteiger partial charge in [0.25, 0.3) is 11.8 Å². The molecule has 0 aliphatic carbocycles. The molecule has 11 nitrogen and oxygen atoms in total. The van der Waals surface area contributed by atoms with Crippen LogP contribution in [0.25, 0.3) is 5.65 Å². The fraction of sp³-hybridized carbons (Fsp3) is 0.435. The Morgan fingerprint density at radius 1 is 1.06 bits per heavy atom. The third kappa shape index (κ3) is 4.18. The van der Waals surface area contributed by atoms with Gasteiger partial charge in [-0.15, -0.1) is 21.5 Å². The van der Waals surface area contributed by atoms with E-state index >= 15 is 0 Å². The number of likely N-dealkylation sites (tertiary alicyclic amines) is 1. The molecule has 4 aromatic rings. The van der Waals surface area contributed by atoms with Gasteiger partial charge in [-0.2, -0.15) is 10.2 Å². The maximum atomic E-state index is 13.1. The van der Waals surface area contributed by atoms with Gasteiger partial charge in [-0.25, -0.2) is 9.50 Å². The molecule has 2 amide bonds. The van der Waals surface area contributed by atoms with Gasteiger partial charge in [0.2, 0.25) is 0 Å². The van der Waals surface area contributed by atoms with E-state index in [9.17, 15) is 9.59 Å². The van der Waals surface area contributed by atoms with E-state index < -0.39 is 0 Å². The highest BCUT2D eigenvalue weighted by molar-refractivity contribution is 7.10. The van der Waals surface area contributed by atoms with E-state index in [1.807, 2.05) is 45.7 Å². The number of hydrogen-bond acceptors (Lipinski definition) is 8. The lowest BCUT2D eigenvalue weighted by Gasteiger charge is -2.31. The van der Waals surface area contributed by atoms with Crippen molar-refractivity contribution in [3.63, 3.8) is 0 Å². The zero-order valence-electron chi connectivity index (χ0n) is 20.4. The zero-order valence-corrected chi connectivity index (χ0v) is 21.2. The van der Waals surface area contributed by atoms with Crippen LogP contribution in [-0.4, -0.2) is 64.4 Å². The summed E-state index contributed by atoms with van der Waals surface area (Å²) in [6.45, 7) is 8.69. The van der Waals surface area contributed by atoms with E-state index in [0.717, 1.165) is 40.6 Å². The lowest BCUT2D eigenvalue weighted by Crippen LogP contribution is -2.39. The number of piperidine rings is 1. The van der Waals surface area contributed by atoms with E-state index in [0.29, 0.717) is 35.8 Å². The summed E-state index contributed by atoms with van der Waals surface area (Å²) in [5, 5.41) is 22.7. The maximum Gasteiger partial charge on any atom is 0.276 e. The fourth-order valence-corrected chi connectivity index (χ4v) is 5.44. The fourth-order valence-electron chi connectivity index (χ4n) is 4.47. The highest BCUT2D eigenvalue weighted by Crippen LogP contribution is 2.31.